The van der Waals surface area contributed by atoms with Crippen LogP contribution in [0.3, 0.4) is 0 Å². The average Bonchev–Trinajstić information content (AvgIpc) is 2.53. The Morgan fingerprint density at radius 1 is 0.833 bits per heavy atom. The lowest BCUT2D eigenvalue weighted by molar-refractivity contribution is -0.890. The molecule has 0 aromatic carbocycles. The second kappa shape index (κ2) is 14.5. The summed E-state index contributed by atoms with van der Waals surface area (Å²) in [5.41, 5.74) is 5.93. The number of amides is 1. The molecule has 3 heteroatoms. The van der Waals surface area contributed by atoms with E-state index in [1.807, 2.05) is 6.08 Å². The number of quaternary nitrogens is 1. The molecule has 0 bridgehead atoms. The third-order valence-corrected chi connectivity index (χ3v) is 4.92. The number of rotatable bonds is 16. The third kappa shape index (κ3) is 14.7. The number of carbonyl (C=O) groups excluding carboxylic acids is 1. The molecule has 0 atom stereocenters. The summed E-state index contributed by atoms with van der Waals surface area (Å²) < 4.78 is 1.08. The van der Waals surface area contributed by atoms with Crippen molar-refractivity contribution in [2.45, 2.75) is 90.9 Å². The van der Waals surface area contributed by atoms with E-state index >= 15 is 0 Å². The first kappa shape index (κ1) is 23.2. The second-order valence-corrected chi connectivity index (χ2v) is 7.96. The molecule has 0 saturated heterocycles. The number of carbonyl (C=O) groups is 1. The highest BCUT2D eigenvalue weighted by Gasteiger charge is 2.13. The topological polar surface area (TPSA) is 43.1 Å². The number of nitrogens with zero attached hydrogens (tertiary/aromatic N) is 1. The molecular formula is C21H43N2O+. The van der Waals surface area contributed by atoms with Crippen LogP contribution in [0.1, 0.15) is 90.9 Å². The molecule has 0 rings (SSSR count). The van der Waals surface area contributed by atoms with Gasteiger partial charge in [0, 0.05) is 12.0 Å². The second-order valence-electron chi connectivity index (χ2n) is 7.96. The predicted octanol–water partition coefficient (Wildman–Crippen LogP) is 5.20. The van der Waals surface area contributed by atoms with Crippen LogP contribution in [0.15, 0.2) is 11.6 Å². The maximum atomic E-state index is 11.0. The van der Waals surface area contributed by atoms with Crippen molar-refractivity contribution in [3.63, 3.8) is 0 Å². The summed E-state index contributed by atoms with van der Waals surface area (Å²) in [5.74, 6) is -0.297. The van der Waals surface area contributed by atoms with Gasteiger partial charge in [-0.2, -0.15) is 0 Å². The van der Waals surface area contributed by atoms with Crippen molar-refractivity contribution in [2.24, 2.45) is 5.73 Å². The molecule has 142 valence electrons. The van der Waals surface area contributed by atoms with Crippen molar-refractivity contribution in [3.05, 3.63) is 11.6 Å². The fourth-order valence-corrected chi connectivity index (χ4v) is 3.08. The molecule has 0 spiro atoms. The van der Waals surface area contributed by atoms with Gasteiger partial charge in [-0.05, 0) is 26.2 Å². The van der Waals surface area contributed by atoms with Crippen LogP contribution in [-0.2, 0) is 4.79 Å². The monoisotopic (exact) mass is 339 g/mol. The van der Waals surface area contributed by atoms with Crippen molar-refractivity contribution in [1.82, 2.24) is 0 Å². The predicted molar refractivity (Wildman–Crippen MR) is 106 cm³/mol. The summed E-state index contributed by atoms with van der Waals surface area (Å²) in [5, 5.41) is 0. The Labute approximate surface area is 151 Å². The van der Waals surface area contributed by atoms with E-state index in [1.54, 1.807) is 6.92 Å². The molecule has 3 nitrogen and oxygen atoms in total. The number of allylic oxidation sites excluding steroid dienone is 1. The van der Waals surface area contributed by atoms with E-state index in [2.05, 4.69) is 21.0 Å². The Kier molecular flexibility index (Phi) is 14.0. The minimum atomic E-state index is -0.297. The van der Waals surface area contributed by atoms with E-state index in [0.29, 0.717) is 5.57 Å². The zero-order valence-corrected chi connectivity index (χ0v) is 16.9. The van der Waals surface area contributed by atoms with Crippen LogP contribution in [0.5, 0.6) is 0 Å². The standard InChI is InChI=1S/C21H42N2O/c1-5-6-7-8-9-10-11-12-13-15-18-23(3,4)19-16-14-17-20(2)21(22)24/h17H,5-16,18-19H2,1-4H3,(H-,22,24)/p+1. The highest BCUT2D eigenvalue weighted by molar-refractivity contribution is 5.91. The van der Waals surface area contributed by atoms with Crippen LogP contribution in [-0.4, -0.2) is 37.6 Å². The Morgan fingerprint density at radius 3 is 1.79 bits per heavy atom. The summed E-state index contributed by atoms with van der Waals surface area (Å²) in [7, 11) is 4.64. The van der Waals surface area contributed by atoms with Gasteiger partial charge in [0.25, 0.3) is 0 Å². The summed E-state index contributed by atoms with van der Waals surface area (Å²) in [4.78, 5) is 11.0. The zero-order chi connectivity index (χ0) is 18.3. The SMILES string of the molecule is CCCCCCCCCCCC[N+](C)(C)CCCC=C(C)C(N)=O. The zero-order valence-electron chi connectivity index (χ0n) is 16.9. The van der Waals surface area contributed by atoms with Gasteiger partial charge in [0.1, 0.15) is 0 Å². The normalized spacial score (nSPS) is 12.6. The molecule has 0 saturated carbocycles. The van der Waals surface area contributed by atoms with Crippen molar-refractivity contribution in [1.29, 1.82) is 0 Å². The lowest BCUT2D eigenvalue weighted by Crippen LogP contribution is -2.41. The number of hydrogen-bond acceptors (Lipinski definition) is 1. The van der Waals surface area contributed by atoms with E-state index < -0.39 is 0 Å². The maximum absolute atomic E-state index is 11.0. The van der Waals surface area contributed by atoms with E-state index in [-0.39, 0.29) is 5.91 Å². The molecule has 24 heavy (non-hydrogen) atoms. The average molecular weight is 340 g/mol. The molecule has 1 amide bonds. The maximum Gasteiger partial charge on any atom is 0.244 e. The molecule has 0 radical (unpaired) electrons. The van der Waals surface area contributed by atoms with Gasteiger partial charge in [-0.1, -0.05) is 64.4 Å². The van der Waals surface area contributed by atoms with Crippen molar-refractivity contribution < 1.29 is 9.28 Å². The van der Waals surface area contributed by atoms with E-state index in [1.165, 1.54) is 77.3 Å². The first-order chi connectivity index (χ1) is 11.4. The van der Waals surface area contributed by atoms with E-state index in [0.717, 1.165) is 17.3 Å². The Bertz CT molecular complexity index is 348. The lowest BCUT2D eigenvalue weighted by atomic mass is 10.1. The van der Waals surface area contributed by atoms with Gasteiger partial charge in [0.15, 0.2) is 0 Å². The van der Waals surface area contributed by atoms with Crippen LogP contribution in [0.2, 0.25) is 0 Å². The van der Waals surface area contributed by atoms with Gasteiger partial charge in [-0.3, -0.25) is 4.79 Å². The van der Waals surface area contributed by atoms with Crippen LogP contribution >= 0.6 is 0 Å². The highest BCUT2D eigenvalue weighted by atomic mass is 16.1. The largest absolute Gasteiger partial charge is 0.366 e. The minimum absolute atomic E-state index is 0.297. The van der Waals surface area contributed by atoms with Gasteiger partial charge in [0.2, 0.25) is 5.91 Å². The Balaban J connectivity index is 3.53. The van der Waals surface area contributed by atoms with Crippen molar-refractivity contribution in [3.8, 4) is 0 Å². The van der Waals surface area contributed by atoms with Gasteiger partial charge < -0.3 is 10.2 Å². The fourth-order valence-electron chi connectivity index (χ4n) is 3.08. The third-order valence-electron chi connectivity index (χ3n) is 4.92. The molecule has 0 unspecified atom stereocenters. The van der Waals surface area contributed by atoms with Gasteiger partial charge in [-0.15, -0.1) is 0 Å². The fraction of sp³-hybridized carbons (Fsp3) is 0.857. The van der Waals surface area contributed by atoms with Crippen LogP contribution in [0.25, 0.3) is 0 Å². The molecule has 0 aliphatic heterocycles. The van der Waals surface area contributed by atoms with Crippen LogP contribution in [0.4, 0.5) is 0 Å². The molecule has 0 aliphatic rings. The number of unbranched alkanes of at least 4 members (excludes halogenated alkanes) is 10. The lowest BCUT2D eigenvalue weighted by Gasteiger charge is -2.29. The van der Waals surface area contributed by atoms with Gasteiger partial charge in [0.05, 0.1) is 27.2 Å². The molecule has 0 heterocycles. The molecule has 0 fully saturated rings. The summed E-state index contributed by atoms with van der Waals surface area (Å²) >= 11 is 0. The Hall–Kier alpha value is -0.830. The number of primary amides is 1. The molecule has 0 aromatic heterocycles. The molecule has 2 N–H and O–H groups in total. The molecule has 0 aromatic rings. The summed E-state index contributed by atoms with van der Waals surface area (Å²) in [6.07, 6.45) is 18.0. The molecular weight excluding hydrogens is 296 g/mol. The van der Waals surface area contributed by atoms with Crippen LogP contribution < -0.4 is 5.73 Å². The minimum Gasteiger partial charge on any atom is -0.366 e. The van der Waals surface area contributed by atoms with E-state index in [9.17, 15) is 4.79 Å². The summed E-state index contributed by atoms with van der Waals surface area (Å²) in [6.45, 7) is 6.50. The van der Waals surface area contributed by atoms with Gasteiger partial charge in [-0.25, -0.2) is 0 Å². The summed E-state index contributed by atoms with van der Waals surface area (Å²) in [6, 6.07) is 0. The van der Waals surface area contributed by atoms with Crippen molar-refractivity contribution in [2.75, 3.05) is 27.2 Å². The smallest absolute Gasteiger partial charge is 0.244 e. The Morgan fingerprint density at radius 2 is 1.29 bits per heavy atom. The number of nitrogens with two attached hydrogens (primary N) is 1. The van der Waals surface area contributed by atoms with E-state index in [4.69, 9.17) is 5.73 Å². The van der Waals surface area contributed by atoms with Gasteiger partial charge >= 0.3 is 0 Å². The highest BCUT2D eigenvalue weighted by Crippen LogP contribution is 2.12. The quantitative estimate of drug-likeness (QED) is 0.234. The molecule has 0 aliphatic carbocycles. The first-order valence-corrected chi connectivity index (χ1v) is 10.2. The van der Waals surface area contributed by atoms with Crippen molar-refractivity contribution >= 4 is 5.91 Å². The first-order valence-electron chi connectivity index (χ1n) is 10.2. The number of hydrogen-bond donors (Lipinski definition) is 1. The van der Waals surface area contributed by atoms with Crippen LogP contribution in [0, 0.1) is 0 Å².